The Balaban J connectivity index is 0.00000441. The van der Waals surface area contributed by atoms with Crippen molar-refractivity contribution in [3.63, 3.8) is 0 Å². The Hall–Kier alpha value is -3.07. The number of hydrogen-bond donors (Lipinski definition) is 2. The zero-order chi connectivity index (χ0) is 27.8. The van der Waals surface area contributed by atoms with E-state index in [-0.39, 0.29) is 30.3 Å². The molecule has 0 aromatic heterocycles. The lowest BCUT2D eigenvalue weighted by molar-refractivity contribution is 0.0497. The SMILES string of the molecule is C=CCNCCOC1CCCN(C(=O)c2ccc(NC(=O)c3ccccc3Cl)cc2OC)c2ccc(Cl)cc21.Cl. The Bertz CT molecular complexity index is 1350. The lowest BCUT2D eigenvalue weighted by Gasteiger charge is -2.25. The molecule has 0 radical (unpaired) electrons. The highest BCUT2D eigenvalue weighted by Crippen LogP contribution is 2.38. The van der Waals surface area contributed by atoms with Gasteiger partial charge >= 0.3 is 0 Å². The fourth-order valence-corrected chi connectivity index (χ4v) is 4.94. The van der Waals surface area contributed by atoms with Crippen molar-refractivity contribution in [1.82, 2.24) is 5.32 Å². The number of nitrogens with zero attached hydrogens (tertiary/aromatic N) is 1. The second-order valence-electron chi connectivity index (χ2n) is 9.00. The molecule has 2 amide bonds. The van der Waals surface area contributed by atoms with Crippen molar-refractivity contribution in [2.45, 2.75) is 18.9 Å². The maximum Gasteiger partial charge on any atom is 0.262 e. The maximum absolute atomic E-state index is 13.9. The van der Waals surface area contributed by atoms with Gasteiger partial charge in [0.2, 0.25) is 0 Å². The molecule has 4 rings (SSSR count). The zero-order valence-electron chi connectivity index (χ0n) is 22.1. The summed E-state index contributed by atoms with van der Waals surface area (Å²) < 4.78 is 11.8. The third kappa shape index (κ3) is 7.56. The first-order valence-corrected chi connectivity index (χ1v) is 13.5. The van der Waals surface area contributed by atoms with Gasteiger partial charge in [0, 0.05) is 47.7 Å². The summed E-state index contributed by atoms with van der Waals surface area (Å²) in [7, 11) is 1.49. The van der Waals surface area contributed by atoms with E-state index >= 15 is 0 Å². The topological polar surface area (TPSA) is 79.9 Å². The van der Waals surface area contributed by atoms with Crippen molar-refractivity contribution in [3.8, 4) is 5.75 Å². The molecule has 0 spiro atoms. The Morgan fingerprint density at radius 1 is 1.10 bits per heavy atom. The maximum atomic E-state index is 13.9. The van der Waals surface area contributed by atoms with Crippen molar-refractivity contribution < 1.29 is 19.1 Å². The van der Waals surface area contributed by atoms with Gasteiger partial charge in [0.25, 0.3) is 11.8 Å². The lowest BCUT2D eigenvalue weighted by Crippen LogP contribution is -2.32. The van der Waals surface area contributed by atoms with E-state index in [1.165, 1.54) is 7.11 Å². The van der Waals surface area contributed by atoms with Crippen molar-refractivity contribution in [1.29, 1.82) is 0 Å². The first kappa shape index (κ1) is 31.5. The van der Waals surface area contributed by atoms with E-state index < -0.39 is 0 Å². The second kappa shape index (κ2) is 15.1. The number of benzene rings is 3. The molecule has 1 heterocycles. The number of fused-ring (bicyclic) bond motifs is 1. The first-order chi connectivity index (χ1) is 18.9. The number of methoxy groups -OCH3 is 1. The summed E-state index contributed by atoms with van der Waals surface area (Å²) in [5, 5.41) is 6.99. The van der Waals surface area contributed by atoms with Crippen LogP contribution in [-0.4, -0.2) is 45.2 Å². The van der Waals surface area contributed by atoms with Crippen molar-refractivity contribution in [2.75, 3.05) is 43.6 Å². The number of nitrogens with one attached hydrogen (secondary N) is 2. The van der Waals surface area contributed by atoms with Gasteiger partial charge in [-0.2, -0.15) is 0 Å². The van der Waals surface area contributed by atoms with E-state index in [4.69, 9.17) is 32.7 Å². The number of carbonyl (C=O) groups is 2. The number of ether oxygens (including phenoxy) is 2. The largest absolute Gasteiger partial charge is 0.496 e. The zero-order valence-corrected chi connectivity index (χ0v) is 24.5. The van der Waals surface area contributed by atoms with Gasteiger partial charge in [-0.05, 0) is 55.3 Å². The number of amides is 2. The molecule has 2 N–H and O–H groups in total. The summed E-state index contributed by atoms with van der Waals surface area (Å²) in [6.45, 7) is 6.14. The Morgan fingerprint density at radius 2 is 1.90 bits per heavy atom. The van der Waals surface area contributed by atoms with Gasteiger partial charge in [0.15, 0.2) is 0 Å². The summed E-state index contributed by atoms with van der Waals surface area (Å²) in [4.78, 5) is 28.3. The Kier molecular flexibility index (Phi) is 11.9. The van der Waals surface area contributed by atoms with E-state index in [1.54, 1.807) is 59.5 Å². The van der Waals surface area contributed by atoms with Crippen LogP contribution in [0.5, 0.6) is 5.75 Å². The van der Waals surface area contributed by atoms with E-state index in [0.29, 0.717) is 58.9 Å². The quantitative estimate of drug-likeness (QED) is 0.193. The molecule has 0 aliphatic carbocycles. The molecule has 40 heavy (non-hydrogen) atoms. The van der Waals surface area contributed by atoms with Crippen molar-refractivity contribution >= 4 is 58.8 Å². The number of halogens is 3. The minimum Gasteiger partial charge on any atom is -0.496 e. The molecule has 1 atom stereocenters. The molecule has 1 aliphatic heterocycles. The van der Waals surface area contributed by atoms with Crippen LogP contribution < -0.4 is 20.3 Å². The summed E-state index contributed by atoms with van der Waals surface area (Å²) in [5.74, 6) is -0.226. The molecule has 0 bridgehead atoms. The Morgan fingerprint density at radius 3 is 2.65 bits per heavy atom. The van der Waals surface area contributed by atoms with Gasteiger partial charge in [0.1, 0.15) is 5.75 Å². The van der Waals surface area contributed by atoms with Crippen LogP contribution in [0.25, 0.3) is 0 Å². The van der Waals surface area contributed by atoms with Crippen LogP contribution in [0.2, 0.25) is 10.0 Å². The molecule has 0 saturated heterocycles. The molecule has 0 saturated carbocycles. The predicted octanol–water partition coefficient (Wildman–Crippen LogP) is 6.95. The molecule has 1 aliphatic rings. The minimum atomic E-state index is -0.356. The first-order valence-electron chi connectivity index (χ1n) is 12.7. The highest BCUT2D eigenvalue weighted by atomic mass is 35.5. The minimum absolute atomic E-state index is 0. The normalized spacial score (nSPS) is 14.4. The number of rotatable bonds is 10. The summed E-state index contributed by atoms with van der Waals surface area (Å²) in [6.07, 6.45) is 3.11. The third-order valence-corrected chi connectivity index (χ3v) is 6.98. The molecular formula is C30H32Cl3N3O4. The van der Waals surface area contributed by atoms with Gasteiger partial charge in [-0.15, -0.1) is 19.0 Å². The average molecular weight is 605 g/mol. The highest BCUT2D eigenvalue weighted by molar-refractivity contribution is 6.34. The molecule has 212 valence electrons. The molecule has 0 fully saturated rings. The van der Waals surface area contributed by atoms with Crippen LogP contribution in [0.4, 0.5) is 11.4 Å². The van der Waals surface area contributed by atoms with Gasteiger partial charge in [-0.3, -0.25) is 9.59 Å². The summed E-state index contributed by atoms with van der Waals surface area (Å²) in [5.41, 5.74) is 2.84. The number of anilines is 2. The standard InChI is InChI=1S/C30H31Cl2N3O4.ClH/c1-3-14-33-15-17-39-27-9-6-16-35(26-13-10-20(31)18-24(26)27)30(37)23-12-11-21(19-28(23)38-2)34-29(36)22-7-4-5-8-25(22)32;/h3-5,7-8,10-13,18-19,27,33H,1,6,9,14-17H2,2H3,(H,34,36);1H. The fraction of sp³-hybridized carbons (Fsp3) is 0.267. The van der Waals surface area contributed by atoms with Crippen molar-refractivity contribution in [2.24, 2.45) is 0 Å². The highest BCUT2D eigenvalue weighted by Gasteiger charge is 2.29. The molecule has 3 aromatic rings. The predicted molar refractivity (Wildman–Crippen MR) is 164 cm³/mol. The van der Waals surface area contributed by atoms with Gasteiger partial charge in [0.05, 0.1) is 36.0 Å². The van der Waals surface area contributed by atoms with E-state index in [2.05, 4.69) is 17.2 Å². The van der Waals surface area contributed by atoms with Crippen LogP contribution in [0, 0.1) is 0 Å². The summed E-state index contributed by atoms with van der Waals surface area (Å²) in [6, 6.07) is 17.3. The van der Waals surface area contributed by atoms with Crippen LogP contribution >= 0.6 is 35.6 Å². The third-order valence-electron chi connectivity index (χ3n) is 6.42. The van der Waals surface area contributed by atoms with E-state index in [1.807, 2.05) is 12.1 Å². The number of carbonyl (C=O) groups excluding carboxylic acids is 2. The molecule has 7 nitrogen and oxygen atoms in total. The van der Waals surface area contributed by atoms with Gasteiger partial charge in [-0.25, -0.2) is 0 Å². The Labute approximate surface area is 250 Å². The van der Waals surface area contributed by atoms with E-state index in [0.717, 1.165) is 24.1 Å². The second-order valence-corrected chi connectivity index (χ2v) is 9.85. The van der Waals surface area contributed by atoms with Gasteiger partial charge < -0.3 is 25.0 Å². The smallest absolute Gasteiger partial charge is 0.262 e. The van der Waals surface area contributed by atoms with Crippen LogP contribution in [0.15, 0.2) is 73.3 Å². The van der Waals surface area contributed by atoms with E-state index in [9.17, 15) is 9.59 Å². The van der Waals surface area contributed by atoms with Crippen LogP contribution in [0.1, 0.15) is 45.2 Å². The number of hydrogen-bond acceptors (Lipinski definition) is 5. The molecule has 1 unspecified atom stereocenters. The van der Waals surface area contributed by atoms with Crippen LogP contribution in [-0.2, 0) is 4.74 Å². The van der Waals surface area contributed by atoms with Crippen molar-refractivity contribution in [3.05, 3.63) is 100 Å². The summed E-state index contributed by atoms with van der Waals surface area (Å²) >= 11 is 12.5. The lowest BCUT2D eigenvalue weighted by atomic mass is 10.0. The van der Waals surface area contributed by atoms with Gasteiger partial charge in [-0.1, -0.05) is 41.4 Å². The molecular weight excluding hydrogens is 573 g/mol. The molecule has 3 aromatic carbocycles. The average Bonchev–Trinajstić information content (AvgIpc) is 3.11. The monoisotopic (exact) mass is 603 g/mol. The fourth-order valence-electron chi connectivity index (χ4n) is 4.54. The van der Waals surface area contributed by atoms with Crippen LogP contribution in [0.3, 0.4) is 0 Å². The molecule has 10 heteroatoms.